The van der Waals surface area contributed by atoms with Gasteiger partial charge < -0.3 is 25.8 Å². The molecule has 37 heavy (non-hydrogen) atoms. The fourth-order valence-corrected chi connectivity index (χ4v) is 4.61. The van der Waals surface area contributed by atoms with Crippen LogP contribution in [0.1, 0.15) is 31.7 Å². The van der Waals surface area contributed by atoms with Gasteiger partial charge in [-0.2, -0.15) is 5.26 Å². The molecule has 1 fully saturated rings. The number of halogens is 1. The minimum Gasteiger partial charge on any atom is -0.394 e. The largest absolute Gasteiger partial charge is 0.394 e. The zero-order valence-corrected chi connectivity index (χ0v) is 21.2. The van der Waals surface area contributed by atoms with Gasteiger partial charge in [0.1, 0.15) is 17.7 Å². The predicted octanol–water partition coefficient (Wildman–Crippen LogP) is 3.92. The Labute approximate surface area is 217 Å². The molecule has 1 aliphatic rings. The van der Waals surface area contributed by atoms with Gasteiger partial charge in [0.2, 0.25) is 0 Å². The number of benzene rings is 2. The molecular formula is C28H35FN6O2. The molecule has 0 spiro atoms. The number of hydrogen-bond donors (Lipinski definition) is 3. The molecule has 0 saturated carbocycles. The van der Waals surface area contributed by atoms with E-state index in [4.69, 9.17) is 25.9 Å². The molecule has 1 saturated heterocycles. The van der Waals surface area contributed by atoms with Crippen LogP contribution in [0.15, 0.2) is 48.5 Å². The van der Waals surface area contributed by atoms with Gasteiger partial charge in [0.05, 0.1) is 36.3 Å². The van der Waals surface area contributed by atoms with Crippen molar-refractivity contribution in [3.05, 3.63) is 59.9 Å². The summed E-state index contributed by atoms with van der Waals surface area (Å²) in [5, 5.41) is 26.2. The second-order valence-corrected chi connectivity index (χ2v) is 9.49. The van der Waals surface area contributed by atoms with E-state index < -0.39 is 5.82 Å². The van der Waals surface area contributed by atoms with Crippen molar-refractivity contribution in [3.63, 3.8) is 0 Å². The van der Waals surface area contributed by atoms with E-state index in [9.17, 15) is 4.39 Å². The molecule has 0 amide bonds. The lowest BCUT2D eigenvalue weighted by atomic mass is 10.1. The number of nitrogens with zero attached hydrogens (tertiary/aromatic N) is 4. The fourth-order valence-electron chi connectivity index (χ4n) is 4.61. The van der Waals surface area contributed by atoms with Crippen LogP contribution in [-0.4, -0.2) is 60.4 Å². The van der Waals surface area contributed by atoms with Crippen molar-refractivity contribution in [1.82, 2.24) is 9.78 Å². The summed E-state index contributed by atoms with van der Waals surface area (Å²) in [5.74, 6) is 0.529. The molecule has 1 atom stereocenters. The molecule has 1 unspecified atom stereocenters. The Morgan fingerprint density at radius 3 is 2.57 bits per heavy atom. The lowest BCUT2D eigenvalue weighted by molar-refractivity contribution is 0.0159. The first-order chi connectivity index (χ1) is 18.0. The highest BCUT2D eigenvalue weighted by molar-refractivity contribution is 5.67. The summed E-state index contributed by atoms with van der Waals surface area (Å²) in [6.07, 6.45) is 2.95. The van der Waals surface area contributed by atoms with Gasteiger partial charge in [0.25, 0.3) is 0 Å². The number of nitriles is 1. The Balaban J connectivity index is 1.56. The minimum atomic E-state index is -0.555. The van der Waals surface area contributed by atoms with Crippen molar-refractivity contribution in [2.24, 2.45) is 11.7 Å². The van der Waals surface area contributed by atoms with Crippen LogP contribution >= 0.6 is 0 Å². The van der Waals surface area contributed by atoms with Gasteiger partial charge in [0.15, 0.2) is 0 Å². The number of hydrogen-bond acceptors (Lipinski definition) is 7. The number of aliphatic hydroxyl groups is 1. The van der Waals surface area contributed by atoms with Crippen LogP contribution in [-0.2, 0) is 4.74 Å². The van der Waals surface area contributed by atoms with E-state index >= 15 is 0 Å². The summed E-state index contributed by atoms with van der Waals surface area (Å²) in [6, 6.07) is 16.6. The minimum absolute atomic E-state index is 0.0126. The van der Waals surface area contributed by atoms with Crippen LogP contribution in [0.2, 0.25) is 0 Å². The van der Waals surface area contributed by atoms with E-state index in [1.807, 2.05) is 24.3 Å². The first kappa shape index (κ1) is 26.6. The molecule has 0 bridgehead atoms. The van der Waals surface area contributed by atoms with E-state index in [0.717, 1.165) is 56.0 Å². The molecule has 9 heteroatoms. The molecule has 0 radical (unpaired) electrons. The number of nitrogens with one attached hydrogen (secondary N) is 1. The Morgan fingerprint density at radius 1 is 1.19 bits per heavy atom. The van der Waals surface area contributed by atoms with Crippen LogP contribution in [0.4, 0.5) is 15.9 Å². The van der Waals surface area contributed by atoms with Gasteiger partial charge in [-0.25, -0.2) is 9.07 Å². The first-order valence-corrected chi connectivity index (χ1v) is 12.8. The normalized spacial score (nSPS) is 14.9. The maximum Gasteiger partial charge on any atom is 0.149 e. The maximum absolute atomic E-state index is 14.5. The van der Waals surface area contributed by atoms with Crippen molar-refractivity contribution in [2.75, 3.05) is 49.6 Å². The van der Waals surface area contributed by atoms with Crippen molar-refractivity contribution in [3.8, 4) is 23.0 Å². The highest BCUT2D eigenvalue weighted by atomic mass is 19.1. The van der Waals surface area contributed by atoms with Crippen LogP contribution in [0.3, 0.4) is 0 Å². The standard InChI is InChI=1S/C28H35FN6O2/c1-20(8-11-30)19-32-28-17-27(21-2-3-22(18-31)26(29)16-21)35(33-28)24-6-4-23(5-7-24)34-12-9-25(10-13-34)37-15-14-36/h2-7,16-17,20,25,36H,8-15,19,30H2,1H3,(H,32,33). The number of ether oxygens (including phenoxy) is 1. The molecule has 196 valence electrons. The molecule has 8 nitrogen and oxygen atoms in total. The number of anilines is 2. The summed E-state index contributed by atoms with van der Waals surface area (Å²) in [5.41, 5.74) is 9.04. The number of aromatic nitrogens is 2. The Morgan fingerprint density at radius 2 is 1.92 bits per heavy atom. The topological polar surface area (TPSA) is 112 Å². The second kappa shape index (κ2) is 12.7. The molecule has 0 aliphatic carbocycles. The van der Waals surface area contributed by atoms with E-state index in [0.29, 0.717) is 30.5 Å². The fraction of sp³-hybridized carbons (Fsp3) is 0.429. The number of rotatable bonds is 11. The van der Waals surface area contributed by atoms with Crippen LogP contribution < -0.4 is 16.0 Å². The zero-order valence-electron chi connectivity index (χ0n) is 21.2. The van der Waals surface area contributed by atoms with Crippen molar-refractivity contribution < 1.29 is 14.2 Å². The third-order valence-corrected chi connectivity index (χ3v) is 6.73. The summed E-state index contributed by atoms with van der Waals surface area (Å²) in [6.45, 7) is 5.71. The quantitative estimate of drug-likeness (QED) is 0.361. The van der Waals surface area contributed by atoms with Crippen LogP contribution in [0, 0.1) is 23.1 Å². The second-order valence-electron chi connectivity index (χ2n) is 9.49. The van der Waals surface area contributed by atoms with Gasteiger partial charge in [-0.3, -0.25) is 0 Å². The molecule has 1 aromatic heterocycles. The maximum atomic E-state index is 14.5. The highest BCUT2D eigenvalue weighted by Crippen LogP contribution is 2.29. The Hall–Kier alpha value is -3.45. The van der Waals surface area contributed by atoms with Gasteiger partial charge in [-0.05, 0) is 68.1 Å². The van der Waals surface area contributed by atoms with Crippen molar-refractivity contribution in [1.29, 1.82) is 5.26 Å². The summed E-state index contributed by atoms with van der Waals surface area (Å²) in [4.78, 5) is 2.33. The molecule has 1 aliphatic heterocycles. The summed E-state index contributed by atoms with van der Waals surface area (Å²) >= 11 is 0. The molecule has 2 heterocycles. The van der Waals surface area contributed by atoms with Crippen molar-refractivity contribution >= 4 is 11.5 Å². The summed E-state index contributed by atoms with van der Waals surface area (Å²) in [7, 11) is 0. The highest BCUT2D eigenvalue weighted by Gasteiger charge is 2.20. The van der Waals surface area contributed by atoms with E-state index in [1.165, 1.54) is 12.1 Å². The number of aliphatic hydroxyl groups excluding tert-OH is 1. The Bertz CT molecular complexity index is 1200. The molecule has 4 N–H and O–H groups in total. The molecule has 4 rings (SSSR count). The number of piperidine rings is 1. The lowest BCUT2D eigenvalue weighted by Gasteiger charge is -2.33. The third-order valence-electron chi connectivity index (χ3n) is 6.73. The molecule has 3 aromatic rings. The monoisotopic (exact) mass is 506 g/mol. The predicted molar refractivity (Wildman–Crippen MR) is 143 cm³/mol. The van der Waals surface area contributed by atoms with Crippen molar-refractivity contribution in [2.45, 2.75) is 32.3 Å². The zero-order chi connectivity index (χ0) is 26.2. The van der Waals surface area contributed by atoms with E-state index in [1.54, 1.807) is 10.7 Å². The average Bonchev–Trinajstić information content (AvgIpc) is 3.36. The Kier molecular flexibility index (Phi) is 9.12. The third kappa shape index (κ3) is 6.66. The first-order valence-electron chi connectivity index (χ1n) is 12.8. The van der Waals surface area contributed by atoms with Crippen LogP contribution in [0.5, 0.6) is 0 Å². The average molecular weight is 507 g/mol. The van der Waals surface area contributed by atoms with Crippen LogP contribution in [0.25, 0.3) is 16.9 Å². The van der Waals surface area contributed by atoms with Gasteiger partial charge >= 0.3 is 0 Å². The molecule has 2 aromatic carbocycles. The van der Waals surface area contributed by atoms with Gasteiger partial charge in [-0.15, -0.1) is 5.10 Å². The molecular weight excluding hydrogens is 471 g/mol. The van der Waals surface area contributed by atoms with Gasteiger partial charge in [0, 0.05) is 37.0 Å². The number of nitrogens with two attached hydrogens (primary N) is 1. The van der Waals surface area contributed by atoms with Gasteiger partial charge in [-0.1, -0.05) is 13.0 Å². The summed E-state index contributed by atoms with van der Waals surface area (Å²) < 4.78 is 21.9. The smallest absolute Gasteiger partial charge is 0.149 e. The van der Waals surface area contributed by atoms with E-state index in [2.05, 4.69) is 29.3 Å². The lowest BCUT2D eigenvalue weighted by Crippen LogP contribution is -2.37. The SMILES string of the molecule is CC(CCN)CNc1cc(-c2ccc(C#N)c(F)c2)n(-c2ccc(N3CCC(OCCO)CC3)cc2)n1. The van der Waals surface area contributed by atoms with E-state index in [-0.39, 0.29) is 18.3 Å².